The van der Waals surface area contributed by atoms with Gasteiger partial charge in [0.15, 0.2) is 0 Å². The Morgan fingerprint density at radius 2 is 1.77 bits per heavy atom. The predicted octanol–water partition coefficient (Wildman–Crippen LogP) is 4.44. The molecule has 0 unspecified atom stereocenters. The van der Waals surface area contributed by atoms with Gasteiger partial charge in [0.05, 0.1) is 12.9 Å². The SMILES string of the molecule is COc1ccccc1CCNC(=O)CSCc1ccc2ccccc2c1. The largest absolute Gasteiger partial charge is 0.496 e. The first-order valence-corrected chi connectivity index (χ1v) is 9.86. The Morgan fingerprint density at radius 3 is 2.62 bits per heavy atom. The highest BCUT2D eigenvalue weighted by Gasteiger charge is 2.05. The number of ether oxygens (including phenoxy) is 1. The molecule has 0 bridgehead atoms. The molecule has 1 amide bonds. The average Bonchev–Trinajstić information content (AvgIpc) is 2.68. The molecule has 3 aromatic carbocycles. The first-order valence-electron chi connectivity index (χ1n) is 8.70. The smallest absolute Gasteiger partial charge is 0.230 e. The van der Waals surface area contributed by atoms with E-state index in [1.807, 2.05) is 30.3 Å². The van der Waals surface area contributed by atoms with E-state index in [-0.39, 0.29) is 5.91 Å². The lowest BCUT2D eigenvalue weighted by Gasteiger charge is -2.09. The van der Waals surface area contributed by atoms with E-state index in [0.717, 1.165) is 23.5 Å². The summed E-state index contributed by atoms with van der Waals surface area (Å²) in [5, 5.41) is 5.47. The maximum atomic E-state index is 12.0. The third-order valence-corrected chi connectivity index (χ3v) is 5.23. The van der Waals surface area contributed by atoms with Gasteiger partial charge in [-0.2, -0.15) is 0 Å². The molecule has 134 valence electrons. The number of hydrogen-bond donors (Lipinski definition) is 1. The molecule has 4 heteroatoms. The maximum Gasteiger partial charge on any atom is 0.230 e. The molecule has 0 atom stereocenters. The summed E-state index contributed by atoms with van der Waals surface area (Å²) in [5.41, 5.74) is 2.36. The molecule has 0 aliphatic rings. The predicted molar refractivity (Wildman–Crippen MR) is 110 cm³/mol. The average molecular weight is 365 g/mol. The summed E-state index contributed by atoms with van der Waals surface area (Å²) in [6.45, 7) is 0.621. The Labute approximate surface area is 158 Å². The van der Waals surface area contributed by atoms with Crippen molar-refractivity contribution in [2.45, 2.75) is 12.2 Å². The van der Waals surface area contributed by atoms with Crippen LogP contribution in [-0.4, -0.2) is 25.3 Å². The third-order valence-electron chi connectivity index (χ3n) is 4.22. The highest BCUT2D eigenvalue weighted by molar-refractivity contribution is 7.99. The van der Waals surface area contributed by atoms with Gasteiger partial charge in [-0.15, -0.1) is 11.8 Å². The Morgan fingerprint density at radius 1 is 1.00 bits per heavy atom. The van der Waals surface area contributed by atoms with Crippen molar-refractivity contribution < 1.29 is 9.53 Å². The van der Waals surface area contributed by atoms with Crippen LogP contribution in [0, 0.1) is 0 Å². The van der Waals surface area contributed by atoms with Crippen molar-refractivity contribution in [2.75, 3.05) is 19.4 Å². The van der Waals surface area contributed by atoms with Crippen LogP contribution < -0.4 is 10.1 Å². The number of amides is 1. The molecule has 3 aromatic rings. The minimum atomic E-state index is 0.0747. The van der Waals surface area contributed by atoms with Gasteiger partial charge >= 0.3 is 0 Å². The molecular weight excluding hydrogens is 342 g/mol. The molecule has 0 aliphatic carbocycles. The van der Waals surface area contributed by atoms with E-state index in [0.29, 0.717) is 12.3 Å². The van der Waals surface area contributed by atoms with Crippen LogP contribution in [0.2, 0.25) is 0 Å². The molecule has 0 saturated heterocycles. The standard InChI is InChI=1S/C22H23NO2S/c1-25-21-9-5-4-7-19(21)12-13-23-22(24)16-26-15-17-10-11-18-6-2-3-8-20(18)14-17/h2-11,14H,12-13,15-16H2,1H3,(H,23,24). The molecule has 0 spiro atoms. The van der Waals surface area contributed by atoms with Gasteiger partial charge in [-0.25, -0.2) is 0 Å². The molecule has 3 nitrogen and oxygen atoms in total. The summed E-state index contributed by atoms with van der Waals surface area (Å²) in [6.07, 6.45) is 0.769. The first kappa shape index (κ1) is 18.3. The lowest BCUT2D eigenvalue weighted by atomic mass is 10.1. The summed E-state index contributed by atoms with van der Waals surface area (Å²) < 4.78 is 5.33. The van der Waals surface area contributed by atoms with Crippen LogP contribution in [0.5, 0.6) is 5.75 Å². The van der Waals surface area contributed by atoms with Crippen LogP contribution in [-0.2, 0) is 17.0 Å². The molecule has 0 heterocycles. The molecular formula is C22H23NO2S. The number of methoxy groups -OCH3 is 1. The molecule has 1 N–H and O–H groups in total. The number of carbonyl (C=O) groups is 1. The van der Waals surface area contributed by atoms with Crippen LogP contribution in [0.4, 0.5) is 0 Å². The number of para-hydroxylation sites is 1. The molecule has 0 radical (unpaired) electrons. The Balaban J connectivity index is 1.41. The van der Waals surface area contributed by atoms with Crippen LogP contribution in [0.25, 0.3) is 10.8 Å². The first-order chi connectivity index (χ1) is 12.8. The fourth-order valence-corrected chi connectivity index (χ4v) is 3.69. The summed E-state index contributed by atoms with van der Waals surface area (Å²) in [6, 6.07) is 22.7. The van der Waals surface area contributed by atoms with Crippen molar-refractivity contribution in [3.63, 3.8) is 0 Å². The van der Waals surface area contributed by atoms with E-state index in [2.05, 4.69) is 41.7 Å². The number of thioether (sulfide) groups is 1. The van der Waals surface area contributed by atoms with E-state index in [4.69, 9.17) is 4.74 Å². The van der Waals surface area contributed by atoms with Gasteiger partial charge in [-0.05, 0) is 34.4 Å². The zero-order valence-corrected chi connectivity index (χ0v) is 15.7. The van der Waals surface area contributed by atoms with Crippen molar-refractivity contribution in [1.82, 2.24) is 5.32 Å². The Bertz CT molecular complexity index is 879. The number of rotatable bonds is 8. The zero-order valence-electron chi connectivity index (χ0n) is 14.9. The van der Waals surface area contributed by atoms with E-state index in [9.17, 15) is 4.79 Å². The lowest BCUT2D eigenvalue weighted by molar-refractivity contribution is -0.118. The van der Waals surface area contributed by atoms with Crippen LogP contribution in [0.15, 0.2) is 66.7 Å². The highest BCUT2D eigenvalue weighted by atomic mass is 32.2. The van der Waals surface area contributed by atoms with Crippen molar-refractivity contribution in [3.05, 3.63) is 77.9 Å². The van der Waals surface area contributed by atoms with Gasteiger partial charge < -0.3 is 10.1 Å². The monoisotopic (exact) mass is 365 g/mol. The van der Waals surface area contributed by atoms with Gasteiger partial charge in [-0.3, -0.25) is 4.79 Å². The summed E-state index contributed by atoms with van der Waals surface area (Å²) >= 11 is 1.64. The summed E-state index contributed by atoms with van der Waals surface area (Å²) in [7, 11) is 1.67. The number of benzene rings is 3. The van der Waals surface area contributed by atoms with E-state index < -0.39 is 0 Å². The number of nitrogens with one attached hydrogen (secondary N) is 1. The number of hydrogen-bond acceptors (Lipinski definition) is 3. The van der Waals surface area contributed by atoms with E-state index in [1.165, 1.54) is 16.3 Å². The number of carbonyl (C=O) groups excluding carboxylic acids is 1. The summed E-state index contributed by atoms with van der Waals surface area (Å²) in [4.78, 5) is 12.0. The highest BCUT2D eigenvalue weighted by Crippen LogP contribution is 2.19. The quantitative estimate of drug-likeness (QED) is 0.641. The van der Waals surface area contributed by atoms with Gasteiger partial charge in [0.2, 0.25) is 5.91 Å². The molecule has 26 heavy (non-hydrogen) atoms. The third kappa shape index (κ3) is 5.02. The second-order valence-corrected chi connectivity index (χ2v) is 7.07. The second-order valence-electron chi connectivity index (χ2n) is 6.09. The van der Waals surface area contributed by atoms with Crippen LogP contribution in [0.1, 0.15) is 11.1 Å². The minimum absolute atomic E-state index is 0.0747. The molecule has 0 aromatic heterocycles. The van der Waals surface area contributed by atoms with Gasteiger partial charge in [0.1, 0.15) is 5.75 Å². The van der Waals surface area contributed by atoms with Crippen LogP contribution >= 0.6 is 11.8 Å². The van der Waals surface area contributed by atoms with Gasteiger partial charge in [0.25, 0.3) is 0 Å². The Hall–Kier alpha value is -2.46. The van der Waals surface area contributed by atoms with E-state index >= 15 is 0 Å². The summed E-state index contributed by atoms with van der Waals surface area (Å²) in [5.74, 6) is 2.25. The Kier molecular flexibility index (Phi) is 6.56. The van der Waals surface area contributed by atoms with E-state index in [1.54, 1.807) is 18.9 Å². The fraction of sp³-hybridized carbons (Fsp3) is 0.227. The van der Waals surface area contributed by atoms with Gasteiger partial charge in [-0.1, -0.05) is 60.7 Å². The lowest BCUT2D eigenvalue weighted by Crippen LogP contribution is -2.27. The topological polar surface area (TPSA) is 38.3 Å². The van der Waals surface area contributed by atoms with Crippen molar-refractivity contribution in [3.8, 4) is 5.75 Å². The number of fused-ring (bicyclic) bond motifs is 1. The van der Waals surface area contributed by atoms with Crippen molar-refractivity contribution in [2.24, 2.45) is 0 Å². The molecule has 0 aliphatic heterocycles. The van der Waals surface area contributed by atoms with Crippen LogP contribution in [0.3, 0.4) is 0 Å². The molecule has 0 fully saturated rings. The maximum absolute atomic E-state index is 12.0. The minimum Gasteiger partial charge on any atom is -0.496 e. The molecule has 0 saturated carbocycles. The van der Waals surface area contributed by atoms with Crippen molar-refractivity contribution in [1.29, 1.82) is 0 Å². The fourth-order valence-electron chi connectivity index (χ4n) is 2.89. The zero-order chi connectivity index (χ0) is 18.2. The van der Waals surface area contributed by atoms with Crippen molar-refractivity contribution >= 4 is 28.4 Å². The second kappa shape index (κ2) is 9.30. The normalized spacial score (nSPS) is 10.7. The molecule has 3 rings (SSSR count). The van der Waals surface area contributed by atoms with Gasteiger partial charge in [0, 0.05) is 12.3 Å².